The molecule has 0 bridgehead atoms. The number of nitrogens with zero attached hydrogens (tertiary/aromatic N) is 3. The van der Waals surface area contributed by atoms with Gasteiger partial charge in [0.1, 0.15) is 0 Å². The number of nitrogens with two attached hydrogens (primary N) is 1. The van der Waals surface area contributed by atoms with Crippen molar-refractivity contribution < 1.29 is 4.74 Å². The van der Waals surface area contributed by atoms with Gasteiger partial charge in [-0.05, 0) is 24.3 Å². The molecule has 0 saturated heterocycles. The molecule has 1 aromatic carbocycles. The molecular formula is C16H16N4O2. The van der Waals surface area contributed by atoms with Gasteiger partial charge < -0.3 is 10.5 Å². The Morgan fingerprint density at radius 2 is 2.09 bits per heavy atom. The van der Waals surface area contributed by atoms with Crippen LogP contribution in [0.2, 0.25) is 0 Å². The molecule has 3 rings (SSSR count). The zero-order valence-electron chi connectivity index (χ0n) is 12.2. The third-order valence-electron chi connectivity index (χ3n) is 3.48. The highest BCUT2D eigenvalue weighted by Gasteiger charge is 2.14. The van der Waals surface area contributed by atoms with Crippen LogP contribution in [-0.2, 0) is 11.3 Å². The molecule has 0 aliphatic heterocycles. The Hall–Kier alpha value is -2.73. The lowest BCUT2D eigenvalue weighted by Crippen LogP contribution is -2.23. The van der Waals surface area contributed by atoms with E-state index in [4.69, 9.17) is 10.5 Å². The minimum absolute atomic E-state index is 0.144. The van der Waals surface area contributed by atoms with E-state index in [-0.39, 0.29) is 5.56 Å². The average molecular weight is 296 g/mol. The molecule has 0 fully saturated rings. The summed E-state index contributed by atoms with van der Waals surface area (Å²) in [5.41, 5.74) is 8.36. The number of fused-ring (bicyclic) bond motifs is 1. The molecule has 2 heterocycles. The lowest BCUT2D eigenvalue weighted by Gasteiger charge is -2.11. The first kappa shape index (κ1) is 14.2. The monoisotopic (exact) mass is 296 g/mol. The van der Waals surface area contributed by atoms with Crippen LogP contribution in [0.3, 0.4) is 0 Å². The molecule has 6 nitrogen and oxygen atoms in total. The second-order valence-corrected chi connectivity index (χ2v) is 4.87. The number of hydrogen-bond donors (Lipinski definition) is 1. The molecule has 0 radical (unpaired) electrons. The van der Waals surface area contributed by atoms with E-state index in [9.17, 15) is 4.79 Å². The fraction of sp³-hybridized carbons (Fsp3) is 0.188. The lowest BCUT2D eigenvalue weighted by molar-refractivity contribution is 0.186. The van der Waals surface area contributed by atoms with Gasteiger partial charge in [-0.2, -0.15) is 0 Å². The molecule has 0 amide bonds. The molecule has 0 saturated carbocycles. The summed E-state index contributed by atoms with van der Waals surface area (Å²) >= 11 is 0. The summed E-state index contributed by atoms with van der Waals surface area (Å²) in [4.78, 5) is 21.4. The minimum Gasteiger partial charge on any atom is -0.398 e. The van der Waals surface area contributed by atoms with Gasteiger partial charge in [-0.25, -0.2) is 4.98 Å². The molecule has 0 unspecified atom stereocenters. The van der Waals surface area contributed by atoms with Crippen molar-refractivity contribution in [3.05, 3.63) is 53.2 Å². The van der Waals surface area contributed by atoms with Crippen molar-refractivity contribution in [1.82, 2.24) is 14.5 Å². The smallest absolute Gasteiger partial charge is 0.262 e. The first-order chi connectivity index (χ1) is 10.7. The lowest BCUT2D eigenvalue weighted by atomic mass is 10.0. The maximum absolute atomic E-state index is 12.8. The van der Waals surface area contributed by atoms with Gasteiger partial charge in [0, 0.05) is 24.6 Å². The Morgan fingerprint density at radius 3 is 2.82 bits per heavy atom. The second-order valence-electron chi connectivity index (χ2n) is 4.87. The van der Waals surface area contributed by atoms with Gasteiger partial charge in [0.05, 0.1) is 36.1 Å². The van der Waals surface area contributed by atoms with Crippen LogP contribution in [-0.4, -0.2) is 28.3 Å². The summed E-state index contributed by atoms with van der Waals surface area (Å²) in [6.07, 6.45) is 3.20. The maximum atomic E-state index is 12.8. The van der Waals surface area contributed by atoms with Gasteiger partial charge in [0.2, 0.25) is 0 Å². The van der Waals surface area contributed by atoms with E-state index in [0.717, 1.165) is 0 Å². The summed E-state index contributed by atoms with van der Waals surface area (Å²) in [6, 6.07) is 9.01. The van der Waals surface area contributed by atoms with E-state index in [1.165, 1.54) is 10.9 Å². The van der Waals surface area contributed by atoms with Gasteiger partial charge in [-0.1, -0.05) is 6.07 Å². The van der Waals surface area contributed by atoms with Crippen molar-refractivity contribution >= 4 is 16.6 Å². The third kappa shape index (κ3) is 2.44. The van der Waals surface area contributed by atoms with Gasteiger partial charge in [0.25, 0.3) is 5.56 Å². The van der Waals surface area contributed by atoms with Crippen molar-refractivity contribution in [2.24, 2.45) is 0 Å². The van der Waals surface area contributed by atoms with Crippen LogP contribution >= 0.6 is 0 Å². The number of aromatic nitrogens is 3. The highest BCUT2D eigenvalue weighted by molar-refractivity contribution is 5.99. The number of hydrogen-bond acceptors (Lipinski definition) is 5. The van der Waals surface area contributed by atoms with E-state index in [1.807, 2.05) is 18.2 Å². The van der Waals surface area contributed by atoms with E-state index in [1.54, 1.807) is 25.4 Å². The number of rotatable bonds is 4. The Kier molecular flexibility index (Phi) is 3.84. The summed E-state index contributed by atoms with van der Waals surface area (Å²) in [7, 11) is 1.59. The number of pyridine rings is 1. The molecule has 0 aliphatic carbocycles. The van der Waals surface area contributed by atoms with Crippen LogP contribution in [0, 0.1) is 0 Å². The van der Waals surface area contributed by atoms with Crippen molar-refractivity contribution in [2.45, 2.75) is 6.54 Å². The average Bonchev–Trinajstić information content (AvgIpc) is 2.55. The molecule has 0 aliphatic rings. The highest BCUT2D eigenvalue weighted by Crippen LogP contribution is 2.29. The van der Waals surface area contributed by atoms with Crippen LogP contribution in [0.5, 0.6) is 0 Å². The molecule has 6 heteroatoms. The topological polar surface area (TPSA) is 83.0 Å². The molecule has 22 heavy (non-hydrogen) atoms. The molecule has 2 aromatic heterocycles. The predicted molar refractivity (Wildman–Crippen MR) is 85.5 cm³/mol. The van der Waals surface area contributed by atoms with Gasteiger partial charge in [-0.3, -0.25) is 14.3 Å². The maximum Gasteiger partial charge on any atom is 0.262 e. The van der Waals surface area contributed by atoms with Crippen molar-refractivity contribution in [2.75, 3.05) is 19.5 Å². The van der Waals surface area contributed by atoms with E-state index in [2.05, 4.69) is 9.97 Å². The highest BCUT2D eigenvalue weighted by atomic mass is 16.5. The first-order valence-corrected chi connectivity index (χ1v) is 6.90. The standard InChI is InChI=1S/C16H16N4O2/c1-22-9-8-20-10-19-13-6-5-11(17)14(15(13)16(20)21)12-4-2-3-7-18-12/h2-7,10H,8-9,17H2,1H3. The summed E-state index contributed by atoms with van der Waals surface area (Å²) in [5, 5.41) is 0.484. The van der Waals surface area contributed by atoms with Crippen molar-refractivity contribution in [1.29, 1.82) is 0 Å². The third-order valence-corrected chi connectivity index (χ3v) is 3.48. The Morgan fingerprint density at radius 1 is 1.23 bits per heavy atom. The van der Waals surface area contributed by atoms with Crippen LogP contribution in [0.4, 0.5) is 5.69 Å². The zero-order valence-corrected chi connectivity index (χ0v) is 12.2. The van der Waals surface area contributed by atoms with E-state index >= 15 is 0 Å². The second kappa shape index (κ2) is 5.95. The Labute approximate surface area is 127 Å². The van der Waals surface area contributed by atoms with E-state index in [0.29, 0.717) is 41.0 Å². The van der Waals surface area contributed by atoms with Gasteiger partial charge in [0.15, 0.2) is 0 Å². The molecular weight excluding hydrogens is 280 g/mol. The molecule has 2 N–H and O–H groups in total. The fourth-order valence-corrected chi connectivity index (χ4v) is 2.40. The first-order valence-electron chi connectivity index (χ1n) is 6.90. The number of nitrogen functional groups attached to an aromatic ring is 1. The normalized spacial score (nSPS) is 11.0. The van der Waals surface area contributed by atoms with Crippen molar-refractivity contribution in [3.63, 3.8) is 0 Å². The van der Waals surface area contributed by atoms with Gasteiger partial charge in [-0.15, -0.1) is 0 Å². The molecule has 3 aromatic rings. The Balaban J connectivity index is 2.31. The zero-order chi connectivity index (χ0) is 15.5. The summed E-state index contributed by atoms with van der Waals surface area (Å²) in [5.74, 6) is 0. The van der Waals surface area contributed by atoms with Crippen LogP contribution in [0.25, 0.3) is 22.2 Å². The number of anilines is 1. The number of methoxy groups -OCH3 is 1. The summed E-state index contributed by atoms with van der Waals surface area (Å²) in [6.45, 7) is 0.878. The Bertz CT molecular complexity index is 859. The largest absolute Gasteiger partial charge is 0.398 e. The van der Waals surface area contributed by atoms with Crippen LogP contribution < -0.4 is 11.3 Å². The molecule has 0 spiro atoms. The SMILES string of the molecule is COCCn1cnc2ccc(N)c(-c3ccccn3)c2c1=O. The summed E-state index contributed by atoms with van der Waals surface area (Å²) < 4.78 is 6.55. The number of benzene rings is 1. The van der Waals surface area contributed by atoms with Crippen LogP contribution in [0.1, 0.15) is 0 Å². The van der Waals surface area contributed by atoms with E-state index < -0.39 is 0 Å². The fourth-order valence-electron chi connectivity index (χ4n) is 2.40. The van der Waals surface area contributed by atoms with Crippen LogP contribution in [0.15, 0.2) is 47.7 Å². The molecule has 112 valence electrons. The predicted octanol–water partition coefficient (Wildman–Crippen LogP) is 1.69. The quantitative estimate of drug-likeness (QED) is 0.741. The van der Waals surface area contributed by atoms with Gasteiger partial charge >= 0.3 is 0 Å². The molecule has 0 atom stereocenters. The van der Waals surface area contributed by atoms with Crippen molar-refractivity contribution in [3.8, 4) is 11.3 Å². The number of ether oxygens (including phenoxy) is 1. The minimum atomic E-state index is -0.144.